The fourth-order valence-corrected chi connectivity index (χ4v) is 2.05. The standard InChI is InChI=1S/C15H21N3O2/c1-10(2)20-7-6-18(3)15(19)13-9-17-14-8-11(16)4-5-12(13)14/h4-5,8-10,17H,6-7,16H2,1-3H3. The molecule has 5 nitrogen and oxygen atoms in total. The first-order chi connectivity index (χ1) is 9.49. The van der Waals surface area contributed by atoms with E-state index in [4.69, 9.17) is 10.5 Å². The molecule has 1 heterocycles. The van der Waals surface area contributed by atoms with Gasteiger partial charge in [-0.1, -0.05) is 0 Å². The SMILES string of the molecule is CC(C)OCCN(C)C(=O)c1c[nH]c2cc(N)ccc12. The molecule has 0 aliphatic carbocycles. The first-order valence-corrected chi connectivity index (χ1v) is 6.72. The molecule has 0 aliphatic heterocycles. The number of H-pyrrole nitrogens is 1. The molecular weight excluding hydrogens is 254 g/mol. The normalized spacial score (nSPS) is 11.2. The van der Waals surface area contributed by atoms with Crippen LogP contribution in [0.25, 0.3) is 10.9 Å². The van der Waals surface area contributed by atoms with Crippen molar-refractivity contribution in [3.8, 4) is 0 Å². The lowest BCUT2D eigenvalue weighted by atomic mass is 10.1. The second kappa shape index (κ2) is 5.96. The van der Waals surface area contributed by atoms with Gasteiger partial charge in [-0.25, -0.2) is 0 Å². The molecule has 0 atom stereocenters. The number of hydrogen-bond acceptors (Lipinski definition) is 3. The Morgan fingerprint density at radius 2 is 2.20 bits per heavy atom. The molecule has 1 aromatic heterocycles. The third-order valence-corrected chi connectivity index (χ3v) is 3.16. The van der Waals surface area contributed by atoms with Gasteiger partial charge in [0, 0.05) is 36.4 Å². The minimum atomic E-state index is -0.0200. The monoisotopic (exact) mass is 275 g/mol. The van der Waals surface area contributed by atoms with Crippen LogP contribution in [0.4, 0.5) is 5.69 Å². The molecule has 0 unspecified atom stereocenters. The molecule has 0 saturated heterocycles. The molecule has 108 valence electrons. The zero-order valence-corrected chi connectivity index (χ0v) is 12.1. The van der Waals surface area contributed by atoms with E-state index in [9.17, 15) is 4.79 Å². The van der Waals surface area contributed by atoms with Crippen LogP contribution >= 0.6 is 0 Å². The lowest BCUT2D eigenvalue weighted by Crippen LogP contribution is -2.30. The van der Waals surface area contributed by atoms with Crippen LogP contribution in [-0.4, -0.2) is 42.1 Å². The third-order valence-electron chi connectivity index (χ3n) is 3.16. The Morgan fingerprint density at radius 1 is 1.45 bits per heavy atom. The van der Waals surface area contributed by atoms with Crippen LogP contribution in [0.15, 0.2) is 24.4 Å². The number of nitrogens with zero attached hydrogens (tertiary/aromatic N) is 1. The molecule has 0 fully saturated rings. The van der Waals surface area contributed by atoms with Crippen molar-refractivity contribution in [2.45, 2.75) is 20.0 Å². The topological polar surface area (TPSA) is 71.3 Å². The highest BCUT2D eigenvalue weighted by Gasteiger charge is 2.16. The number of anilines is 1. The van der Waals surface area contributed by atoms with Gasteiger partial charge < -0.3 is 20.4 Å². The van der Waals surface area contributed by atoms with Gasteiger partial charge in [0.25, 0.3) is 5.91 Å². The quantitative estimate of drug-likeness (QED) is 0.822. The Labute approximate surface area is 118 Å². The number of aromatic amines is 1. The molecule has 0 spiro atoms. The zero-order chi connectivity index (χ0) is 14.7. The van der Waals surface area contributed by atoms with Gasteiger partial charge in [-0.05, 0) is 32.0 Å². The maximum atomic E-state index is 12.4. The third kappa shape index (κ3) is 3.11. The van der Waals surface area contributed by atoms with E-state index in [1.54, 1.807) is 24.2 Å². The minimum Gasteiger partial charge on any atom is -0.399 e. The average molecular weight is 275 g/mol. The van der Waals surface area contributed by atoms with E-state index in [-0.39, 0.29) is 12.0 Å². The van der Waals surface area contributed by atoms with E-state index in [2.05, 4.69) is 4.98 Å². The van der Waals surface area contributed by atoms with E-state index in [1.807, 2.05) is 26.0 Å². The molecule has 20 heavy (non-hydrogen) atoms. The molecule has 5 heteroatoms. The van der Waals surface area contributed by atoms with E-state index in [1.165, 1.54) is 0 Å². The first kappa shape index (κ1) is 14.4. The van der Waals surface area contributed by atoms with Crippen molar-refractivity contribution in [1.82, 2.24) is 9.88 Å². The smallest absolute Gasteiger partial charge is 0.255 e. The van der Waals surface area contributed by atoms with Gasteiger partial charge in [0.15, 0.2) is 0 Å². The number of carbonyl (C=O) groups is 1. The number of likely N-dealkylation sites (N-methyl/N-ethyl adjacent to an activating group) is 1. The Balaban J connectivity index is 2.10. The molecule has 0 radical (unpaired) electrons. The number of nitrogens with two attached hydrogens (primary N) is 1. The van der Waals surface area contributed by atoms with Crippen molar-refractivity contribution in [2.24, 2.45) is 0 Å². The summed E-state index contributed by atoms with van der Waals surface area (Å²) in [6, 6.07) is 5.50. The molecule has 0 saturated carbocycles. The van der Waals surface area contributed by atoms with E-state index >= 15 is 0 Å². The van der Waals surface area contributed by atoms with Crippen LogP contribution in [0.1, 0.15) is 24.2 Å². The van der Waals surface area contributed by atoms with Crippen LogP contribution in [0.3, 0.4) is 0 Å². The van der Waals surface area contributed by atoms with E-state index in [0.29, 0.717) is 24.4 Å². The number of nitrogens with one attached hydrogen (secondary N) is 1. The van der Waals surface area contributed by atoms with Crippen LogP contribution in [0.2, 0.25) is 0 Å². The molecular formula is C15H21N3O2. The van der Waals surface area contributed by atoms with Crippen molar-refractivity contribution in [3.63, 3.8) is 0 Å². The number of hydrogen-bond donors (Lipinski definition) is 2. The lowest BCUT2D eigenvalue weighted by Gasteiger charge is -2.17. The number of rotatable bonds is 5. The Kier molecular flexibility index (Phi) is 4.29. The van der Waals surface area contributed by atoms with Gasteiger partial charge in [0.1, 0.15) is 0 Å². The Bertz CT molecular complexity index is 604. The number of fused-ring (bicyclic) bond motifs is 1. The second-order valence-corrected chi connectivity index (χ2v) is 5.15. The van der Waals surface area contributed by atoms with Gasteiger partial charge in [-0.15, -0.1) is 0 Å². The highest BCUT2D eigenvalue weighted by Crippen LogP contribution is 2.21. The summed E-state index contributed by atoms with van der Waals surface area (Å²) in [5.74, 6) is -0.0200. The highest BCUT2D eigenvalue weighted by molar-refractivity contribution is 6.07. The second-order valence-electron chi connectivity index (χ2n) is 5.15. The number of carbonyl (C=O) groups excluding carboxylic acids is 1. The summed E-state index contributed by atoms with van der Waals surface area (Å²) in [6.07, 6.45) is 1.90. The predicted octanol–water partition coefficient (Wildman–Crippen LogP) is 2.25. The highest BCUT2D eigenvalue weighted by atomic mass is 16.5. The van der Waals surface area contributed by atoms with Crippen molar-refractivity contribution in [3.05, 3.63) is 30.0 Å². The maximum absolute atomic E-state index is 12.4. The van der Waals surface area contributed by atoms with Crippen LogP contribution in [0.5, 0.6) is 0 Å². The number of nitrogen functional groups attached to an aromatic ring is 1. The summed E-state index contributed by atoms with van der Waals surface area (Å²) < 4.78 is 5.46. The molecule has 2 aromatic rings. The van der Waals surface area contributed by atoms with Crippen molar-refractivity contribution >= 4 is 22.5 Å². The lowest BCUT2D eigenvalue weighted by molar-refractivity contribution is 0.0533. The largest absolute Gasteiger partial charge is 0.399 e. The van der Waals surface area contributed by atoms with Crippen LogP contribution < -0.4 is 5.73 Å². The fraction of sp³-hybridized carbons (Fsp3) is 0.400. The first-order valence-electron chi connectivity index (χ1n) is 6.72. The predicted molar refractivity (Wildman–Crippen MR) is 80.8 cm³/mol. The van der Waals surface area contributed by atoms with E-state index in [0.717, 1.165) is 10.9 Å². The number of ether oxygens (including phenoxy) is 1. The number of amides is 1. The molecule has 0 aliphatic rings. The van der Waals surface area contributed by atoms with Gasteiger partial charge in [-0.3, -0.25) is 4.79 Å². The van der Waals surface area contributed by atoms with Gasteiger partial charge in [0.2, 0.25) is 0 Å². The number of aromatic nitrogens is 1. The van der Waals surface area contributed by atoms with E-state index < -0.39 is 0 Å². The Morgan fingerprint density at radius 3 is 2.90 bits per heavy atom. The molecule has 0 bridgehead atoms. The van der Waals surface area contributed by atoms with Gasteiger partial charge in [-0.2, -0.15) is 0 Å². The summed E-state index contributed by atoms with van der Waals surface area (Å²) in [7, 11) is 1.78. The van der Waals surface area contributed by atoms with Gasteiger partial charge in [0.05, 0.1) is 18.3 Å². The van der Waals surface area contributed by atoms with Crippen LogP contribution in [-0.2, 0) is 4.74 Å². The molecule has 3 N–H and O–H groups in total. The zero-order valence-electron chi connectivity index (χ0n) is 12.1. The average Bonchev–Trinajstić information content (AvgIpc) is 2.80. The maximum Gasteiger partial charge on any atom is 0.255 e. The minimum absolute atomic E-state index is 0.0200. The summed E-state index contributed by atoms with van der Waals surface area (Å²) in [6.45, 7) is 5.06. The molecule has 1 amide bonds. The van der Waals surface area contributed by atoms with Crippen LogP contribution in [0, 0.1) is 0 Å². The van der Waals surface area contributed by atoms with Crippen molar-refractivity contribution in [2.75, 3.05) is 25.9 Å². The van der Waals surface area contributed by atoms with Gasteiger partial charge >= 0.3 is 0 Å². The molecule has 1 aromatic carbocycles. The van der Waals surface area contributed by atoms with Crippen molar-refractivity contribution in [1.29, 1.82) is 0 Å². The molecule has 2 rings (SSSR count). The summed E-state index contributed by atoms with van der Waals surface area (Å²) in [5.41, 5.74) is 7.94. The summed E-state index contributed by atoms with van der Waals surface area (Å²) in [5, 5.41) is 0.890. The summed E-state index contributed by atoms with van der Waals surface area (Å²) in [4.78, 5) is 17.1. The number of benzene rings is 1. The summed E-state index contributed by atoms with van der Waals surface area (Å²) >= 11 is 0. The fourth-order valence-electron chi connectivity index (χ4n) is 2.05. The Hall–Kier alpha value is -2.01. The van der Waals surface area contributed by atoms with Crippen molar-refractivity contribution < 1.29 is 9.53 Å².